The monoisotopic (exact) mass is 521 g/mol. The second kappa shape index (κ2) is 12.8. The smallest absolute Gasteiger partial charge is 0.416 e. The van der Waals surface area contributed by atoms with Gasteiger partial charge in [-0.05, 0) is 36.8 Å². The third-order valence-corrected chi connectivity index (χ3v) is 6.87. The number of amides is 2. The van der Waals surface area contributed by atoms with Gasteiger partial charge in [0, 0.05) is 13.0 Å². The summed E-state index contributed by atoms with van der Waals surface area (Å²) in [5.41, 5.74) is -0.289. The summed E-state index contributed by atoms with van der Waals surface area (Å²) in [7, 11) is 1.49. The number of ether oxygens (including phenoxy) is 1. The first-order valence-corrected chi connectivity index (χ1v) is 12.8. The van der Waals surface area contributed by atoms with Crippen molar-refractivity contribution in [2.24, 2.45) is 4.99 Å². The van der Waals surface area contributed by atoms with E-state index in [2.05, 4.69) is 17.2 Å². The van der Waals surface area contributed by atoms with Crippen LogP contribution in [0, 0.1) is 0 Å². The Hall–Kier alpha value is -3.01. The van der Waals surface area contributed by atoms with Crippen LogP contribution in [0.15, 0.2) is 53.5 Å². The lowest BCUT2D eigenvalue weighted by molar-refractivity contribution is -0.137. The van der Waals surface area contributed by atoms with Gasteiger partial charge < -0.3 is 10.1 Å². The average molecular weight is 522 g/mol. The molecule has 0 aromatic heterocycles. The van der Waals surface area contributed by atoms with E-state index in [9.17, 15) is 22.8 Å². The van der Waals surface area contributed by atoms with Crippen LogP contribution in [0.5, 0.6) is 5.75 Å². The van der Waals surface area contributed by atoms with E-state index in [4.69, 9.17) is 4.74 Å². The molecule has 6 nitrogen and oxygen atoms in total. The number of nitrogens with one attached hydrogen (secondary N) is 1. The molecule has 1 unspecified atom stereocenters. The molecule has 0 aliphatic carbocycles. The first-order valence-electron chi connectivity index (χ1n) is 11.9. The van der Waals surface area contributed by atoms with Crippen LogP contribution in [0.25, 0.3) is 0 Å². The highest BCUT2D eigenvalue weighted by Crippen LogP contribution is 2.34. The molecule has 0 saturated carbocycles. The molecule has 36 heavy (non-hydrogen) atoms. The molecule has 1 heterocycles. The Bertz CT molecular complexity index is 1090. The second-order valence-electron chi connectivity index (χ2n) is 8.40. The number of anilines is 1. The highest BCUT2D eigenvalue weighted by molar-refractivity contribution is 8.15. The van der Waals surface area contributed by atoms with Crippen LogP contribution in [0.2, 0.25) is 0 Å². The minimum Gasteiger partial charge on any atom is -0.495 e. The maximum Gasteiger partial charge on any atom is 0.416 e. The molecule has 2 aromatic rings. The number of halogens is 3. The van der Waals surface area contributed by atoms with Gasteiger partial charge in [-0.25, -0.2) is 4.99 Å². The lowest BCUT2D eigenvalue weighted by Gasteiger charge is -2.32. The summed E-state index contributed by atoms with van der Waals surface area (Å²) in [6, 6.07) is 11.5. The van der Waals surface area contributed by atoms with Gasteiger partial charge in [-0.1, -0.05) is 62.6 Å². The van der Waals surface area contributed by atoms with Crippen molar-refractivity contribution in [3.8, 4) is 5.75 Å². The lowest BCUT2D eigenvalue weighted by Crippen LogP contribution is -2.45. The first-order chi connectivity index (χ1) is 17.2. The molecule has 1 aliphatic rings. The van der Waals surface area contributed by atoms with E-state index < -0.39 is 22.9 Å². The molecule has 1 fully saturated rings. The van der Waals surface area contributed by atoms with Gasteiger partial charge in [0.2, 0.25) is 11.8 Å². The zero-order valence-corrected chi connectivity index (χ0v) is 21.1. The standard InChI is InChI=1S/C26H30F3N3O3S/c1-3-4-5-6-9-15-32-23(33)17-22(24(34)31-20-13-7-8-14-21(20)35-2)36-25(32)30-19-12-10-11-18(16-19)26(27,28)29/h7-8,10-14,16,22H,3-6,9,15,17H2,1-2H3,(H,31,34). The van der Waals surface area contributed by atoms with Gasteiger partial charge in [-0.2, -0.15) is 13.2 Å². The van der Waals surface area contributed by atoms with Gasteiger partial charge in [-0.15, -0.1) is 0 Å². The van der Waals surface area contributed by atoms with Crippen LogP contribution in [-0.2, 0) is 15.8 Å². The Morgan fingerprint density at radius 1 is 1.14 bits per heavy atom. The molecule has 3 rings (SSSR count). The van der Waals surface area contributed by atoms with Gasteiger partial charge in [-0.3, -0.25) is 14.5 Å². The van der Waals surface area contributed by atoms with E-state index in [0.717, 1.165) is 56.0 Å². The summed E-state index contributed by atoms with van der Waals surface area (Å²) in [6.07, 6.45) is 0.339. The zero-order chi connectivity index (χ0) is 26.1. The summed E-state index contributed by atoms with van der Waals surface area (Å²) in [5, 5.41) is 2.22. The number of hydrogen-bond acceptors (Lipinski definition) is 5. The number of alkyl halides is 3. The number of hydrogen-bond donors (Lipinski definition) is 1. The SMILES string of the molecule is CCCCCCCN1C(=O)CC(C(=O)Nc2ccccc2OC)SC1=Nc1cccc(C(F)(F)F)c1. The summed E-state index contributed by atoms with van der Waals surface area (Å²) in [6.45, 7) is 2.51. The average Bonchev–Trinajstić information content (AvgIpc) is 2.85. The van der Waals surface area contributed by atoms with Crippen molar-refractivity contribution in [3.05, 3.63) is 54.1 Å². The first kappa shape index (κ1) is 27.6. The van der Waals surface area contributed by atoms with Crippen molar-refractivity contribution in [2.45, 2.75) is 56.9 Å². The van der Waals surface area contributed by atoms with Crippen molar-refractivity contribution < 1.29 is 27.5 Å². The van der Waals surface area contributed by atoms with Gasteiger partial charge in [0.05, 0.1) is 24.0 Å². The molecule has 0 spiro atoms. The normalized spacial score (nSPS) is 17.4. The summed E-state index contributed by atoms with van der Waals surface area (Å²) in [4.78, 5) is 32.0. The van der Waals surface area contributed by atoms with Gasteiger partial charge in [0.1, 0.15) is 11.0 Å². The van der Waals surface area contributed by atoms with Crippen molar-refractivity contribution in [1.29, 1.82) is 0 Å². The highest BCUT2D eigenvalue weighted by Gasteiger charge is 2.36. The number of amidine groups is 1. The number of nitrogens with zero attached hydrogens (tertiary/aromatic N) is 2. The number of para-hydroxylation sites is 2. The Morgan fingerprint density at radius 2 is 1.89 bits per heavy atom. The van der Waals surface area contributed by atoms with E-state index in [1.807, 2.05) is 0 Å². The van der Waals surface area contributed by atoms with Crippen LogP contribution in [0.1, 0.15) is 51.0 Å². The van der Waals surface area contributed by atoms with Crippen molar-refractivity contribution in [2.75, 3.05) is 19.0 Å². The van der Waals surface area contributed by atoms with Crippen molar-refractivity contribution in [1.82, 2.24) is 4.90 Å². The van der Waals surface area contributed by atoms with Crippen LogP contribution < -0.4 is 10.1 Å². The predicted octanol–water partition coefficient (Wildman–Crippen LogP) is 6.64. The molecular weight excluding hydrogens is 491 g/mol. The Balaban J connectivity index is 1.84. The third kappa shape index (κ3) is 7.49. The summed E-state index contributed by atoms with van der Waals surface area (Å²) in [5.74, 6) is -0.211. The number of rotatable bonds is 10. The molecule has 1 atom stereocenters. The third-order valence-electron chi connectivity index (χ3n) is 5.68. The maximum absolute atomic E-state index is 13.2. The Labute approximate surface area is 213 Å². The van der Waals surface area contributed by atoms with Crippen molar-refractivity contribution >= 4 is 40.1 Å². The van der Waals surface area contributed by atoms with Gasteiger partial charge in [0.25, 0.3) is 0 Å². The number of aliphatic imine (C=N–C) groups is 1. The molecule has 1 saturated heterocycles. The van der Waals surface area contributed by atoms with E-state index in [-0.39, 0.29) is 23.2 Å². The molecule has 2 aromatic carbocycles. The fraction of sp³-hybridized carbons (Fsp3) is 0.423. The molecular formula is C26H30F3N3O3S. The molecule has 1 N–H and O–H groups in total. The fourth-order valence-electron chi connectivity index (χ4n) is 3.76. The minimum absolute atomic E-state index is 0.0395. The quantitative estimate of drug-likeness (QED) is 0.356. The van der Waals surface area contributed by atoms with Crippen LogP contribution in [0.4, 0.5) is 24.5 Å². The maximum atomic E-state index is 13.2. The predicted molar refractivity (Wildman–Crippen MR) is 137 cm³/mol. The molecule has 0 bridgehead atoms. The van der Waals surface area contributed by atoms with E-state index in [1.165, 1.54) is 24.1 Å². The van der Waals surface area contributed by atoms with Gasteiger partial charge in [0.15, 0.2) is 5.17 Å². The number of unbranched alkanes of at least 4 members (excludes halogenated alkanes) is 4. The second-order valence-corrected chi connectivity index (χ2v) is 9.57. The number of methoxy groups -OCH3 is 1. The highest BCUT2D eigenvalue weighted by atomic mass is 32.2. The summed E-state index contributed by atoms with van der Waals surface area (Å²) < 4.78 is 44.9. The molecule has 2 amide bonds. The van der Waals surface area contributed by atoms with E-state index >= 15 is 0 Å². The molecule has 194 valence electrons. The minimum atomic E-state index is -4.51. The fourth-order valence-corrected chi connectivity index (χ4v) is 4.88. The summed E-state index contributed by atoms with van der Waals surface area (Å²) >= 11 is 1.08. The van der Waals surface area contributed by atoms with E-state index in [0.29, 0.717) is 18.0 Å². The number of benzene rings is 2. The number of thioether (sulfide) groups is 1. The van der Waals surface area contributed by atoms with Crippen LogP contribution in [0.3, 0.4) is 0 Å². The Kier molecular flexibility index (Phi) is 9.81. The number of carbonyl (C=O) groups excluding carboxylic acids is 2. The van der Waals surface area contributed by atoms with Crippen molar-refractivity contribution in [3.63, 3.8) is 0 Å². The van der Waals surface area contributed by atoms with Crippen LogP contribution in [-0.4, -0.2) is 40.8 Å². The number of carbonyl (C=O) groups is 2. The molecule has 1 aliphatic heterocycles. The van der Waals surface area contributed by atoms with Gasteiger partial charge >= 0.3 is 6.18 Å². The topological polar surface area (TPSA) is 71.0 Å². The largest absolute Gasteiger partial charge is 0.495 e. The molecule has 10 heteroatoms. The Morgan fingerprint density at radius 3 is 2.61 bits per heavy atom. The van der Waals surface area contributed by atoms with Crippen LogP contribution >= 0.6 is 11.8 Å². The lowest BCUT2D eigenvalue weighted by atomic mass is 10.1. The molecule has 0 radical (unpaired) electrons. The zero-order valence-electron chi connectivity index (χ0n) is 20.3. The van der Waals surface area contributed by atoms with E-state index in [1.54, 1.807) is 24.3 Å².